The summed E-state index contributed by atoms with van der Waals surface area (Å²) in [5.41, 5.74) is 8.01. The number of benzene rings is 1. The van der Waals surface area contributed by atoms with Gasteiger partial charge in [0.05, 0.1) is 31.2 Å². The van der Waals surface area contributed by atoms with Crippen molar-refractivity contribution >= 4 is 30.0 Å². The summed E-state index contributed by atoms with van der Waals surface area (Å²) in [7, 11) is -0.913. The highest BCUT2D eigenvalue weighted by atomic mass is 16.5. The van der Waals surface area contributed by atoms with Gasteiger partial charge in [-0.3, -0.25) is 9.48 Å². The van der Waals surface area contributed by atoms with Crippen molar-refractivity contribution in [2.45, 2.75) is 19.1 Å². The van der Waals surface area contributed by atoms with E-state index < -0.39 is 13.0 Å². The first-order chi connectivity index (χ1) is 13.1. The monoisotopic (exact) mass is 367 g/mol. The number of nitriles is 1. The van der Waals surface area contributed by atoms with Crippen LogP contribution in [0.3, 0.4) is 0 Å². The van der Waals surface area contributed by atoms with Gasteiger partial charge in [-0.15, -0.1) is 0 Å². The number of hydrogen-bond acceptors (Lipinski definition) is 7. The Bertz CT molecular complexity index is 925. The molecule has 138 valence electrons. The molecule has 0 bridgehead atoms. The Kier molecular flexibility index (Phi) is 4.57. The number of nitrogens with two attached hydrogens (primary N) is 1. The van der Waals surface area contributed by atoms with Gasteiger partial charge in [0.2, 0.25) is 0 Å². The third-order valence-electron chi connectivity index (χ3n) is 4.90. The lowest BCUT2D eigenvalue weighted by atomic mass is 9.79. The maximum Gasteiger partial charge on any atom is 0.491 e. The minimum absolute atomic E-state index is 0.231. The molecule has 2 aliphatic rings. The molecule has 2 aliphatic heterocycles. The number of amides is 1. The normalized spacial score (nSPS) is 21.6. The van der Waals surface area contributed by atoms with Gasteiger partial charge in [0.1, 0.15) is 5.56 Å². The minimum Gasteiger partial charge on any atom is -0.423 e. The molecule has 10 heteroatoms. The number of primary amides is 1. The van der Waals surface area contributed by atoms with Crippen LogP contribution in [0, 0.1) is 17.2 Å². The standard InChI is InChI=1S/C17H18BN5O4/c19-6-10-3-4-26-9-15(10)23-7-13(16(20)24)17(22-23)21-12-1-2-14-11(5-12)8-27-18(14)25/h1-2,5,7,10,15,25H,3-4,8-9H2,(H2,20,24)(H,21,22)/t10-,15?/m1/s1. The fourth-order valence-corrected chi connectivity index (χ4v) is 3.41. The maximum atomic E-state index is 11.9. The summed E-state index contributed by atoms with van der Waals surface area (Å²) in [6.07, 6.45) is 2.16. The second-order valence-corrected chi connectivity index (χ2v) is 6.60. The first kappa shape index (κ1) is 17.5. The van der Waals surface area contributed by atoms with E-state index in [1.165, 1.54) is 0 Å². The number of rotatable bonds is 4. The summed E-state index contributed by atoms with van der Waals surface area (Å²) in [4.78, 5) is 11.9. The number of fused-ring (bicyclic) bond motifs is 1. The Labute approximate surface area is 155 Å². The van der Waals surface area contributed by atoms with E-state index in [-0.39, 0.29) is 17.5 Å². The largest absolute Gasteiger partial charge is 0.491 e. The minimum atomic E-state index is -0.913. The molecule has 3 heterocycles. The number of hydrogen-bond donors (Lipinski definition) is 3. The topological polar surface area (TPSA) is 135 Å². The smallest absolute Gasteiger partial charge is 0.423 e. The lowest BCUT2D eigenvalue weighted by Crippen LogP contribution is -2.29. The molecule has 27 heavy (non-hydrogen) atoms. The van der Waals surface area contributed by atoms with Crippen molar-refractivity contribution < 1.29 is 19.2 Å². The van der Waals surface area contributed by atoms with Gasteiger partial charge < -0.3 is 25.5 Å². The molecule has 2 aromatic rings. The zero-order chi connectivity index (χ0) is 19.0. The Morgan fingerprint density at radius 1 is 1.52 bits per heavy atom. The highest BCUT2D eigenvalue weighted by molar-refractivity contribution is 6.61. The van der Waals surface area contributed by atoms with Crippen LogP contribution < -0.4 is 16.5 Å². The van der Waals surface area contributed by atoms with Crippen LogP contribution in [-0.4, -0.2) is 41.0 Å². The lowest BCUT2D eigenvalue weighted by molar-refractivity contribution is 0.0342. The van der Waals surface area contributed by atoms with Gasteiger partial charge in [0.15, 0.2) is 5.82 Å². The first-order valence-electron chi connectivity index (χ1n) is 8.62. The fourth-order valence-electron chi connectivity index (χ4n) is 3.41. The molecule has 1 aromatic heterocycles. The van der Waals surface area contributed by atoms with Crippen LogP contribution in [0.25, 0.3) is 0 Å². The average molecular weight is 367 g/mol. The van der Waals surface area contributed by atoms with Crippen molar-refractivity contribution in [2.24, 2.45) is 11.7 Å². The third-order valence-corrected chi connectivity index (χ3v) is 4.90. The average Bonchev–Trinajstić information content (AvgIpc) is 3.25. The number of anilines is 2. The number of carbonyl (C=O) groups excluding carboxylic acids is 1. The van der Waals surface area contributed by atoms with Crippen LogP contribution in [0.2, 0.25) is 0 Å². The van der Waals surface area contributed by atoms with Crippen molar-refractivity contribution in [3.63, 3.8) is 0 Å². The van der Waals surface area contributed by atoms with Crippen LogP contribution in [0.5, 0.6) is 0 Å². The highest BCUT2D eigenvalue weighted by Gasteiger charge is 2.30. The molecule has 0 spiro atoms. The Morgan fingerprint density at radius 3 is 3.15 bits per heavy atom. The predicted octanol–water partition coefficient (Wildman–Crippen LogP) is 0.0445. The van der Waals surface area contributed by atoms with Crippen LogP contribution >= 0.6 is 0 Å². The van der Waals surface area contributed by atoms with Crippen molar-refractivity contribution in [1.29, 1.82) is 5.26 Å². The summed E-state index contributed by atoms with van der Waals surface area (Å²) >= 11 is 0. The molecular formula is C17H18BN5O4. The van der Waals surface area contributed by atoms with Crippen LogP contribution in [0.1, 0.15) is 28.4 Å². The molecule has 1 fully saturated rings. The van der Waals surface area contributed by atoms with Gasteiger partial charge in [-0.2, -0.15) is 10.4 Å². The number of aromatic nitrogens is 2. The molecular weight excluding hydrogens is 349 g/mol. The lowest BCUT2D eigenvalue weighted by Gasteiger charge is -2.26. The molecule has 4 N–H and O–H groups in total. The van der Waals surface area contributed by atoms with Crippen LogP contribution in [0.4, 0.5) is 11.5 Å². The SMILES string of the molecule is N#C[C@H]1CCOCC1n1cc(C(N)=O)c(Nc2ccc3c(c2)COB3O)n1. The Morgan fingerprint density at radius 2 is 2.37 bits per heavy atom. The highest BCUT2D eigenvalue weighted by Crippen LogP contribution is 2.29. The number of nitrogens with one attached hydrogen (secondary N) is 1. The fraction of sp³-hybridized carbons (Fsp3) is 0.353. The second-order valence-electron chi connectivity index (χ2n) is 6.60. The molecule has 1 unspecified atom stereocenters. The number of nitrogens with zero attached hydrogens (tertiary/aromatic N) is 3. The zero-order valence-electron chi connectivity index (χ0n) is 14.5. The summed E-state index contributed by atoms with van der Waals surface area (Å²) in [5, 5.41) is 26.6. The van der Waals surface area contributed by atoms with Gasteiger partial charge in [-0.25, -0.2) is 0 Å². The van der Waals surface area contributed by atoms with E-state index in [1.54, 1.807) is 23.0 Å². The molecule has 1 amide bonds. The summed E-state index contributed by atoms with van der Waals surface area (Å²) in [6, 6.07) is 7.36. The third kappa shape index (κ3) is 3.28. The molecule has 9 nitrogen and oxygen atoms in total. The van der Waals surface area contributed by atoms with Gasteiger partial charge in [-0.1, -0.05) is 6.07 Å². The van der Waals surface area contributed by atoms with E-state index in [1.807, 2.05) is 6.07 Å². The van der Waals surface area contributed by atoms with E-state index in [9.17, 15) is 15.1 Å². The van der Waals surface area contributed by atoms with Crippen molar-refractivity contribution in [2.75, 3.05) is 18.5 Å². The van der Waals surface area contributed by atoms with Crippen LogP contribution in [0.15, 0.2) is 24.4 Å². The van der Waals surface area contributed by atoms with Crippen LogP contribution in [-0.2, 0) is 16.0 Å². The van der Waals surface area contributed by atoms with Gasteiger partial charge in [0.25, 0.3) is 5.91 Å². The number of ether oxygens (including phenoxy) is 1. The van der Waals surface area contributed by atoms with Crippen molar-refractivity contribution in [1.82, 2.24) is 9.78 Å². The van der Waals surface area contributed by atoms with E-state index in [4.69, 9.17) is 15.1 Å². The van der Waals surface area contributed by atoms with Crippen molar-refractivity contribution in [3.8, 4) is 6.07 Å². The van der Waals surface area contributed by atoms with Gasteiger partial charge in [-0.05, 0) is 29.6 Å². The summed E-state index contributed by atoms with van der Waals surface area (Å²) in [5.74, 6) is -0.552. The number of carbonyl (C=O) groups is 1. The molecule has 0 saturated carbocycles. The van der Waals surface area contributed by atoms with E-state index in [0.29, 0.717) is 37.7 Å². The van der Waals surface area contributed by atoms with E-state index in [0.717, 1.165) is 11.0 Å². The molecule has 4 rings (SSSR count). The Balaban J connectivity index is 1.64. The molecule has 0 radical (unpaired) electrons. The zero-order valence-corrected chi connectivity index (χ0v) is 14.5. The summed E-state index contributed by atoms with van der Waals surface area (Å²) in [6.45, 7) is 1.20. The van der Waals surface area contributed by atoms with Crippen molar-refractivity contribution in [3.05, 3.63) is 35.5 Å². The Hall–Kier alpha value is -2.87. The van der Waals surface area contributed by atoms with Gasteiger partial charge in [0, 0.05) is 18.5 Å². The maximum absolute atomic E-state index is 11.9. The molecule has 1 aromatic carbocycles. The second kappa shape index (κ2) is 7.04. The van der Waals surface area contributed by atoms with E-state index in [2.05, 4.69) is 16.5 Å². The molecule has 2 atom stereocenters. The summed E-state index contributed by atoms with van der Waals surface area (Å²) < 4.78 is 12.2. The first-order valence-corrected chi connectivity index (χ1v) is 8.62. The quantitative estimate of drug-likeness (QED) is 0.650. The van der Waals surface area contributed by atoms with Gasteiger partial charge >= 0.3 is 7.12 Å². The predicted molar refractivity (Wildman–Crippen MR) is 96.4 cm³/mol. The molecule has 0 aliphatic carbocycles. The van der Waals surface area contributed by atoms with E-state index >= 15 is 0 Å². The molecule has 1 saturated heterocycles.